The molecule has 0 rings (SSSR count). The van der Waals surface area contributed by atoms with Gasteiger partial charge in [-0.25, -0.2) is 0 Å². The van der Waals surface area contributed by atoms with Gasteiger partial charge in [-0.2, -0.15) is 0 Å². The van der Waals surface area contributed by atoms with Gasteiger partial charge >= 0.3 is 17.1 Å². The molecule has 382 valence electrons. The van der Waals surface area contributed by atoms with E-state index in [1.807, 2.05) is 0 Å². The second-order valence-corrected chi connectivity index (χ2v) is 39.2. The van der Waals surface area contributed by atoms with Crippen molar-refractivity contribution >= 4 is 33.8 Å². The SMILES string of the molecule is CCCCCCCCCCCCCCCCCC[N+](C)(CCCCCCCCCCCCCCCCCC)CC(O)COCCC[Si](C)(O[Si](C)(C)C)O[Si](C)(C)O[Si](C)(C)C.[Cl-]. The summed E-state index contributed by atoms with van der Waals surface area (Å²) in [5.41, 5.74) is 0. The number of hydrogen-bond donors (Lipinski definition) is 1. The summed E-state index contributed by atoms with van der Waals surface area (Å²) in [6.45, 7) is 28.9. The van der Waals surface area contributed by atoms with Gasteiger partial charge < -0.3 is 39.1 Å². The summed E-state index contributed by atoms with van der Waals surface area (Å²) >= 11 is 0. The highest BCUT2D eigenvalue weighted by Gasteiger charge is 2.44. The van der Waals surface area contributed by atoms with Gasteiger partial charge in [-0.05, 0) is 97.1 Å². The number of aliphatic hydroxyl groups is 1. The zero-order valence-electron chi connectivity index (χ0n) is 45.1. The number of quaternary nitrogens is 1. The van der Waals surface area contributed by atoms with E-state index in [4.69, 9.17) is 17.1 Å². The van der Waals surface area contributed by atoms with Crippen molar-refractivity contribution in [3.63, 3.8) is 0 Å². The van der Waals surface area contributed by atoms with Crippen molar-refractivity contribution in [3.05, 3.63) is 0 Å². The Morgan fingerprint density at radius 2 is 0.714 bits per heavy atom. The molecular weight excluding hydrogens is 866 g/mol. The van der Waals surface area contributed by atoms with Gasteiger partial charge in [-0.3, -0.25) is 0 Å². The zero-order chi connectivity index (χ0) is 46.5. The molecule has 2 atom stereocenters. The summed E-state index contributed by atoms with van der Waals surface area (Å²) < 4.78 is 27.4. The zero-order valence-corrected chi connectivity index (χ0v) is 49.8. The third kappa shape index (κ3) is 46.4. The van der Waals surface area contributed by atoms with Crippen LogP contribution in [0.25, 0.3) is 0 Å². The van der Waals surface area contributed by atoms with Crippen LogP contribution in [0.2, 0.25) is 65.0 Å². The Balaban J connectivity index is 0. The Morgan fingerprint density at radius 3 is 1.02 bits per heavy atom. The largest absolute Gasteiger partial charge is 1.00 e. The van der Waals surface area contributed by atoms with Gasteiger partial charge in [0.05, 0.1) is 26.7 Å². The van der Waals surface area contributed by atoms with Crippen LogP contribution in [-0.2, 0) is 17.1 Å². The van der Waals surface area contributed by atoms with Crippen LogP contribution in [0, 0.1) is 0 Å². The molecule has 2 unspecified atom stereocenters. The van der Waals surface area contributed by atoms with E-state index in [9.17, 15) is 5.11 Å². The lowest BCUT2D eigenvalue weighted by molar-refractivity contribution is -0.913. The molecular formula is C52H116ClNO5Si4. The molecule has 0 fully saturated rings. The molecule has 0 radical (unpaired) electrons. The number of aliphatic hydroxyl groups excluding tert-OH is 1. The van der Waals surface area contributed by atoms with Gasteiger partial charge in [0, 0.05) is 6.61 Å². The van der Waals surface area contributed by atoms with Gasteiger partial charge in [0.2, 0.25) is 0 Å². The fourth-order valence-electron chi connectivity index (χ4n) is 9.70. The smallest absolute Gasteiger partial charge is 0.315 e. The molecule has 0 aliphatic heterocycles. The summed E-state index contributed by atoms with van der Waals surface area (Å²) in [4.78, 5) is 0. The average Bonchev–Trinajstić information content (AvgIpc) is 3.15. The molecule has 0 spiro atoms. The van der Waals surface area contributed by atoms with E-state index in [0.717, 1.165) is 23.5 Å². The van der Waals surface area contributed by atoms with E-state index in [2.05, 4.69) is 79.8 Å². The highest BCUT2D eigenvalue weighted by molar-refractivity contribution is 6.89. The quantitative estimate of drug-likeness (QED) is 0.0374. The Morgan fingerprint density at radius 1 is 0.413 bits per heavy atom. The number of ether oxygens (including phenoxy) is 1. The van der Waals surface area contributed by atoms with Gasteiger partial charge in [0.1, 0.15) is 12.6 Å². The molecule has 0 aliphatic rings. The Labute approximate surface area is 407 Å². The average molecular weight is 983 g/mol. The summed E-state index contributed by atoms with van der Waals surface area (Å²) in [6.07, 6.45) is 45.4. The first kappa shape index (κ1) is 66.0. The van der Waals surface area contributed by atoms with Crippen LogP contribution in [0.4, 0.5) is 0 Å². The molecule has 6 nitrogen and oxygen atoms in total. The number of halogens is 1. The fourth-order valence-corrected chi connectivity index (χ4v) is 27.6. The Bertz CT molecular complexity index is 949. The van der Waals surface area contributed by atoms with Crippen LogP contribution in [0.3, 0.4) is 0 Å². The standard InChI is InChI=1S/C52H116NO5Si4.ClH/c1-13-15-17-19-21-23-25-27-29-31-33-35-37-39-41-43-46-53(3,47-44-42-40-38-36-34-32-30-28-26-24-22-20-18-16-14-2)50-52(54)51-55-48-45-49-62(12,57-60(7,8)9)58-61(10,11)56-59(4,5)6;/h52,54H,13-51H2,1-12H3;1H/q+1;/p-1. The second kappa shape index (κ2) is 40.8. The lowest BCUT2D eigenvalue weighted by Gasteiger charge is -2.41. The number of rotatable bonds is 48. The van der Waals surface area contributed by atoms with E-state index in [-0.39, 0.29) is 12.4 Å². The maximum Gasteiger partial charge on any atom is 0.315 e. The molecule has 0 aromatic carbocycles. The molecule has 11 heteroatoms. The maximum atomic E-state index is 11.3. The molecule has 0 bridgehead atoms. The fraction of sp³-hybridized carbons (Fsp3) is 1.00. The van der Waals surface area contributed by atoms with E-state index in [1.165, 1.54) is 219 Å². The molecule has 0 aromatic heterocycles. The van der Waals surface area contributed by atoms with E-state index in [1.54, 1.807) is 0 Å². The summed E-state index contributed by atoms with van der Waals surface area (Å²) in [5.74, 6) is 0. The Hall–Kier alpha value is 0.918. The topological polar surface area (TPSA) is 57.2 Å². The molecule has 0 saturated carbocycles. The van der Waals surface area contributed by atoms with Crippen LogP contribution in [-0.4, -0.2) is 89.3 Å². The molecule has 0 heterocycles. The number of nitrogens with zero attached hydrogens (tertiary/aromatic N) is 1. The van der Waals surface area contributed by atoms with Crippen molar-refractivity contribution in [3.8, 4) is 0 Å². The van der Waals surface area contributed by atoms with Crippen molar-refractivity contribution in [2.75, 3.05) is 39.9 Å². The lowest BCUT2D eigenvalue weighted by Crippen LogP contribution is -3.00. The highest BCUT2D eigenvalue weighted by atomic mass is 35.5. The van der Waals surface area contributed by atoms with Gasteiger partial charge in [0.25, 0.3) is 0 Å². The lowest BCUT2D eigenvalue weighted by atomic mass is 10.0. The van der Waals surface area contributed by atoms with Crippen LogP contribution in [0.5, 0.6) is 0 Å². The maximum absolute atomic E-state index is 11.3. The first-order valence-electron chi connectivity index (χ1n) is 27.5. The van der Waals surface area contributed by atoms with E-state index >= 15 is 0 Å². The minimum absolute atomic E-state index is 0. The predicted octanol–water partition coefficient (Wildman–Crippen LogP) is 14.2. The van der Waals surface area contributed by atoms with Crippen molar-refractivity contribution < 1.29 is 39.1 Å². The van der Waals surface area contributed by atoms with Crippen LogP contribution in [0.1, 0.15) is 226 Å². The summed E-state index contributed by atoms with van der Waals surface area (Å²) in [6, 6.07) is 0.894. The first-order valence-corrected chi connectivity index (χ1v) is 39.7. The van der Waals surface area contributed by atoms with E-state index in [0.29, 0.717) is 13.2 Å². The molecule has 0 aromatic rings. The molecule has 63 heavy (non-hydrogen) atoms. The van der Waals surface area contributed by atoms with Crippen molar-refractivity contribution in [1.82, 2.24) is 0 Å². The summed E-state index contributed by atoms with van der Waals surface area (Å²) in [7, 11) is -5.87. The third-order valence-electron chi connectivity index (χ3n) is 12.5. The molecule has 0 amide bonds. The molecule has 1 N–H and O–H groups in total. The van der Waals surface area contributed by atoms with Crippen LogP contribution in [0.15, 0.2) is 0 Å². The molecule has 0 saturated heterocycles. The minimum Gasteiger partial charge on any atom is -1.00 e. The summed E-state index contributed by atoms with van der Waals surface area (Å²) in [5, 5.41) is 11.3. The van der Waals surface area contributed by atoms with Gasteiger partial charge in [-0.15, -0.1) is 0 Å². The minimum atomic E-state index is -2.45. The van der Waals surface area contributed by atoms with Crippen LogP contribution < -0.4 is 12.4 Å². The van der Waals surface area contributed by atoms with Crippen molar-refractivity contribution in [2.24, 2.45) is 0 Å². The number of unbranched alkanes of at least 4 members (excludes halogenated alkanes) is 30. The normalized spacial score (nSPS) is 14.2. The Kier molecular flexibility index (Phi) is 42.7. The third-order valence-corrected chi connectivity index (χ3v) is 26.1. The predicted molar refractivity (Wildman–Crippen MR) is 285 cm³/mol. The van der Waals surface area contributed by atoms with Crippen LogP contribution >= 0.6 is 0 Å². The highest BCUT2D eigenvalue weighted by Crippen LogP contribution is 2.28. The van der Waals surface area contributed by atoms with Gasteiger partial charge in [0.15, 0.2) is 16.6 Å². The first-order chi connectivity index (χ1) is 29.3. The molecule has 0 aliphatic carbocycles. The van der Waals surface area contributed by atoms with Crippen molar-refractivity contribution in [1.29, 1.82) is 0 Å². The number of likely N-dealkylation sites (N-methyl/N-ethyl adjacent to an activating group) is 1. The second-order valence-electron chi connectivity index (χ2n) is 22.8. The number of hydrogen-bond acceptors (Lipinski definition) is 5. The van der Waals surface area contributed by atoms with Gasteiger partial charge in [-0.1, -0.05) is 194 Å². The van der Waals surface area contributed by atoms with Crippen molar-refractivity contribution in [2.45, 2.75) is 297 Å². The monoisotopic (exact) mass is 982 g/mol. The van der Waals surface area contributed by atoms with E-state index < -0.39 is 39.9 Å².